The molecule has 0 aliphatic rings. The number of benzene rings is 3. The first-order valence-corrected chi connectivity index (χ1v) is 13.7. The van der Waals surface area contributed by atoms with E-state index < -0.39 is 4.25 Å². The van der Waals surface area contributed by atoms with Crippen molar-refractivity contribution in [2.75, 3.05) is 6.66 Å². The molecule has 3 aromatic rings. The third kappa shape index (κ3) is 2.93. The predicted octanol–water partition coefficient (Wildman–Crippen LogP) is 5.42. The van der Waals surface area contributed by atoms with Crippen molar-refractivity contribution in [1.29, 1.82) is 0 Å². The Morgan fingerprint density at radius 1 is 0.583 bits per heavy atom. The van der Waals surface area contributed by atoms with E-state index in [2.05, 4.69) is 122 Å². The van der Waals surface area contributed by atoms with E-state index in [1.54, 1.807) is 0 Å². The van der Waals surface area contributed by atoms with Crippen molar-refractivity contribution in [3.8, 4) is 0 Å². The van der Waals surface area contributed by atoms with Crippen molar-refractivity contribution in [2.45, 2.75) is 20.8 Å². The molecule has 0 nitrogen and oxygen atoms in total. The summed E-state index contributed by atoms with van der Waals surface area (Å²) in [4.78, 5) is 0. The Bertz CT molecular complexity index is 778. The molecule has 0 spiro atoms. The Morgan fingerprint density at radius 3 is 1.12 bits per heavy atom. The van der Waals surface area contributed by atoms with E-state index in [-0.39, 0.29) is 0 Å². The number of hydrogen-bond acceptors (Lipinski definition) is 0. The van der Waals surface area contributed by atoms with Gasteiger partial charge in [0.15, 0.2) is 0 Å². The van der Waals surface area contributed by atoms with Gasteiger partial charge in [0.25, 0.3) is 0 Å². The van der Waals surface area contributed by atoms with Gasteiger partial charge in [0.05, 0.1) is 0 Å². The molecule has 0 aliphatic carbocycles. The van der Waals surface area contributed by atoms with Gasteiger partial charge in [-0.3, -0.25) is 0 Å². The summed E-state index contributed by atoms with van der Waals surface area (Å²) in [6.45, 7) is 9.03. The zero-order valence-electron chi connectivity index (χ0n) is 14.8. The Hall–Kier alpha value is -1.18. The summed E-state index contributed by atoms with van der Waals surface area (Å²) < 4.78 is -2.50. The van der Waals surface area contributed by atoms with Gasteiger partial charge in [-0.25, -0.2) is 0 Å². The summed E-state index contributed by atoms with van der Waals surface area (Å²) in [5.74, 6) is 0. The first kappa shape index (κ1) is 17.6. The van der Waals surface area contributed by atoms with E-state index >= 15 is 0 Å². The molecule has 0 aliphatic heterocycles. The number of hydrogen-bond donors (Lipinski definition) is 0. The van der Waals surface area contributed by atoms with Crippen LogP contribution in [0.15, 0.2) is 72.8 Å². The van der Waals surface area contributed by atoms with Crippen LogP contribution in [0.4, 0.5) is 0 Å². The molecular formula is C22H24IP. The van der Waals surface area contributed by atoms with Gasteiger partial charge in [-0.2, -0.15) is 0 Å². The predicted molar refractivity (Wildman–Crippen MR) is 119 cm³/mol. The quantitative estimate of drug-likeness (QED) is 0.372. The molecule has 0 heterocycles. The van der Waals surface area contributed by atoms with Crippen molar-refractivity contribution < 1.29 is 0 Å². The molecule has 3 rings (SSSR count). The van der Waals surface area contributed by atoms with Crippen LogP contribution in [0.25, 0.3) is 0 Å². The molecule has 0 atom stereocenters. The monoisotopic (exact) mass is 446 g/mol. The normalized spacial score (nSPS) is 13.3. The molecule has 0 amide bonds. The Labute approximate surface area is 158 Å². The summed E-state index contributed by atoms with van der Waals surface area (Å²) in [5.41, 5.74) is 3.96. The van der Waals surface area contributed by atoms with Crippen LogP contribution < -0.4 is 15.9 Å². The maximum absolute atomic E-state index is 2.79. The van der Waals surface area contributed by atoms with Crippen molar-refractivity contribution >= 4 is 42.2 Å². The van der Waals surface area contributed by atoms with Crippen molar-refractivity contribution in [2.24, 2.45) is 0 Å². The summed E-state index contributed by atoms with van der Waals surface area (Å²) in [6, 6.07) is 27.2. The van der Waals surface area contributed by atoms with Crippen LogP contribution in [0.5, 0.6) is 0 Å². The maximum atomic E-state index is 2.79. The fourth-order valence-corrected chi connectivity index (χ4v) is 9.77. The van der Waals surface area contributed by atoms with Crippen LogP contribution in [-0.2, 0) is 0 Å². The number of aryl methyl sites for hydroxylation is 3. The van der Waals surface area contributed by atoms with E-state index in [1.165, 1.54) is 32.6 Å². The molecule has 0 saturated heterocycles. The zero-order valence-corrected chi connectivity index (χ0v) is 17.8. The van der Waals surface area contributed by atoms with Crippen molar-refractivity contribution in [1.82, 2.24) is 0 Å². The molecule has 0 radical (unpaired) electrons. The molecule has 2 heteroatoms. The van der Waals surface area contributed by atoms with Gasteiger partial charge in [-0.05, 0) is 0 Å². The molecule has 0 fully saturated rings. The molecule has 124 valence electrons. The molecule has 0 saturated carbocycles. The SMILES string of the molecule is Cc1cccc(P(C)(I)(c2cccc(C)c2)c2cccc(C)c2)c1. The van der Waals surface area contributed by atoms with Gasteiger partial charge in [0.1, 0.15) is 0 Å². The van der Waals surface area contributed by atoms with Gasteiger partial charge < -0.3 is 0 Å². The van der Waals surface area contributed by atoms with Gasteiger partial charge in [-0.15, -0.1) is 0 Å². The number of rotatable bonds is 3. The van der Waals surface area contributed by atoms with Gasteiger partial charge in [0.2, 0.25) is 0 Å². The second kappa shape index (κ2) is 6.28. The van der Waals surface area contributed by atoms with Gasteiger partial charge in [0, 0.05) is 0 Å². The van der Waals surface area contributed by atoms with E-state index in [1.807, 2.05) is 0 Å². The van der Waals surface area contributed by atoms with Gasteiger partial charge in [-0.1, -0.05) is 0 Å². The van der Waals surface area contributed by atoms with Crippen LogP contribution in [0, 0.1) is 20.8 Å². The van der Waals surface area contributed by atoms with Crippen LogP contribution in [0.1, 0.15) is 16.7 Å². The van der Waals surface area contributed by atoms with Crippen molar-refractivity contribution in [3.05, 3.63) is 89.5 Å². The Balaban J connectivity index is 2.41. The molecule has 3 aromatic carbocycles. The third-order valence-electron chi connectivity index (χ3n) is 4.85. The first-order chi connectivity index (χ1) is 11.3. The average Bonchev–Trinajstić information content (AvgIpc) is 2.55. The minimum absolute atomic E-state index is 1.32. The summed E-state index contributed by atoms with van der Waals surface area (Å²) in [5, 5.41) is 4.33. The van der Waals surface area contributed by atoms with Crippen LogP contribution in [-0.4, -0.2) is 6.66 Å². The molecule has 0 aromatic heterocycles. The van der Waals surface area contributed by atoms with E-state index in [9.17, 15) is 0 Å². The first-order valence-electron chi connectivity index (χ1n) is 8.25. The van der Waals surface area contributed by atoms with Crippen LogP contribution >= 0.6 is 26.3 Å². The molecule has 24 heavy (non-hydrogen) atoms. The molecule has 0 unspecified atom stereocenters. The summed E-state index contributed by atoms with van der Waals surface area (Å²) >= 11 is 2.79. The van der Waals surface area contributed by atoms with E-state index in [0.29, 0.717) is 0 Å². The fraction of sp³-hybridized carbons (Fsp3) is 0.182. The van der Waals surface area contributed by atoms with Gasteiger partial charge >= 0.3 is 159 Å². The third-order valence-corrected chi connectivity index (χ3v) is 14.4. The zero-order chi connectivity index (χ0) is 17.4. The van der Waals surface area contributed by atoms with E-state index in [0.717, 1.165) is 0 Å². The number of halogens is 1. The molecule has 0 bridgehead atoms. The minimum atomic E-state index is -2.50. The Kier molecular flexibility index (Phi) is 4.61. The standard InChI is InChI=1S/C22H24IP/c1-17-8-5-11-20(14-17)24(4,23,21-12-6-9-18(2)15-21)22-13-7-10-19(3)16-22/h5-16H,1-4H3. The average molecular weight is 446 g/mol. The van der Waals surface area contributed by atoms with E-state index in [4.69, 9.17) is 0 Å². The second-order valence-corrected chi connectivity index (χ2v) is 18.6. The Morgan fingerprint density at radius 2 is 0.875 bits per heavy atom. The van der Waals surface area contributed by atoms with Crippen LogP contribution in [0.2, 0.25) is 0 Å². The molecular weight excluding hydrogens is 422 g/mol. The summed E-state index contributed by atoms with van der Waals surface area (Å²) in [7, 11) is 0. The second-order valence-electron chi connectivity index (χ2n) is 6.95. The van der Waals surface area contributed by atoms with Crippen LogP contribution in [0.3, 0.4) is 0 Å². The van der Waals surface area contributed by atoms with Crippen molar-refractivity contribution in [3.63, 3.8) is 0 Å². The molecule has 0 N–H and O–H groups in total. The topological polar surface area (TPSA) is 0 Å². The summed E-state index contributed by atoms with van der Waals surface area (Å²) in [6.07, 6.45) is 0. The fourth-order valence-electron chi connectivity index (χ4n) is 3.32.